The lowest BCUT2D eigenvalue weighted by molar-refractivity contribution is 0.602. The molecule has 1 N–H and O–H groups in total. The van der Waals surface area contributed by atoms with Crippen molar-refractivity contribution in [3.63, 3.8) is 0 Å². The number of hydrogen-bond donors (Lipinski definition) is 1. The predicted octanol–water partition coefficient (Wildman–Crippen LogP) is 4.51. The van der Waals surface area contributed by atoms with Crippen molar-refractivity contribution < 1.29 is 12.8 Å². The highest BCUT2D eigenvalue weighted by Gasteiger charge is 2.16. The van der Waals surface area contributed by atoms with Gasteiger partial charge >= 0.3 is 0 Å². The molecule has 3 rings (SSSR count). The van der Waals surface area contributed by atoms with Crippen LogP contribution in [0.2, 0.25) is 0 Å². The van der Waals surface area contributed by atoms with Crippen LogP contribution in [0.4, 0.5) is 4.39 Å². The number of aromatic nitrogens is 1. The number of aryl methyl sites for hydroxylation is 1. The van der Waals surface area contributed by atoms with E-state index in [4.69, 9.17) is 0 Å². The molecule has 0 radical (unpaired) electrons. The fourth-order valence-electron chi connectivity index (χ4n) is 2.78. The Hall–Kier alpha value is -2.40. The van der Waals surface area contributed by atoms with Gasteiger partial charge < -0.3 is 4.98 Å². The second kappa shape index (κ2) is 5.91. The zero-order chi connectivity index (χ0) is 17.5. The Labute approximate surface area is 141 Å². The minimum absolute atomic E-state index is 0.275. The molecule has 2 aromatic carbocycles. The van der Waals surface area contributed by atoms with Gasteiger partial charge in [0, 0.05) is 17.5 Å². The quantitative estimate of drug-likeness (QED) is 0.761. The Bertz CT molecular complexity index is 985. The van der Waals surface area contributed by atoms with Crippen LogP contribution in [-0.2, 0) is 9.84 Å². The van der Waals surface area contributed by atoms with Gasteiger partial charge in [0.25, 0.3) is 0 Å². The van der Waals surface area contributed by atoms with Crippen molar-refractivity contribution in [3.8, 4) is 22.4 Å². The predicted molar refractivity (Wildman–Crippen MR) is 94.2 cm³/mol. The zero-order valence-corrected chi connectivity index (χ0v) is 14.5. The number of rotatable bonds is 3. The van der Waals surface area contributed by atoms with Crippen molar-refractivity contribution in [3.05, 3.63) is 65.6 Å². The molecular weight excluding hydrogens is 325 g/mol. The fraction of sp³-hybridized carbons (Fsp3) is 0.158. The molecule has 1 heterocycles. The van der Waals surface area contributed by atoms with E-state index in [-0.39, 0.29) is 10.7 Å². The molecule has 124 valence electrons. The van der Waals surface area contributed by atoms with Crippen LogP contribution < -0.4 is 0 Å². The molecule has 3 aromatic rings. The number of benzene rings is 2. The van der Waals surface area contributed by atoms with Crippen molar-refractivity contribution in [1.29, 1.82) is 0 Å². The molecule has 0 aliphatic heterocycles. The number of halogens is 1. The van der Waals surface area contributed by atoms with Gasteiger partial charge in [0.1, 0.15) is 5.82 Å². The molecule has 0 spiro atoms. The lowest BCUT2D eigenvalue weighted by Gasteiger charge is -2.07. The largest absolute Gasteiger partial charge is 0.358 e. The third kappa shape index (κ3) is 2.99. The molecule has 5 heteroatoms. The molecule has 0 atom stereocenters. The summed E-state index contributed by atoms with van der Waals surface area (Å²) >= 11 is 0. The Morgan fingerprint density at radius 1 is 0.875 bits per heavy atom. The third-order valence-corrected chi connectivity index (χ3v) is 5.33. The third-order valence-electron chi connectivity index (χ3n) is 4.20. The van der Waals surface area contributed by atoms with Crippen molar-refractivity contribution in [2.75, 3.05) is 6.26 Å². The van der Waals surface area contributed by atoms with E-state index in [0.717, 1.165) is 33.6 Å². The van der Waals surface area contributed by atoms with Crippen LogP contribution in [0.3, 0.4) is 0 Å². The van der Waals surface area contributed by atoms with Gasteiger partial charge in [-0.15, -0.1) is 0 Å². The first-order valence-electron chi connectivity index (χ1n) is 7.53. The molecule has 0 saturated carbocycles. The summed E-state index contributed by atoms with van der Waals surface area (Å²) in [7, 11) is -3.22. The second-order valence-electron chi connectivity index (χ2n) is 5.93. The number of H-pyrrole nitrogens is 1. The number of sulfone groups is 1. The van der Waals surface area contributed by atoms with E-state index in [0.29, 0.717) is 0 Å². The molecule has 1 aromatic heterocycles. The summed E-state index contributed by atoms with van der Waals surface area (Å²) in [6.07, 6.45) is 1.19. The Balaban J connectivity index is 2.15. The molecule has 0 aliphatic rings. The van der Waals surface area contributed by atoms with E-state index in [1.54, 1.807) is 36.4 Å². The van der Waals surface area contributed by atoms with Gasteiger partial charge in [0.05, 0.1) is 10.6 Å². The van der Waals surface area contributed by atoms with Crippen LogP contribution in [0.15, 0.2) is 53.4 Å². The Kier molecular flexibility index (Phi) is 4.05. The summed E-state index contributed by atoms with van der Waals surface area (Å²) in [5, 5.41) is 0. The summed E-state index contributed by atoms with van der Waals surface area (Å²) in [5.74, 6) is -0.275. The second-order valence-corrected chi connectivity index (χ2v) is 7.94. The molecule has 0 saturated heterocycles. The molecule has 0 amide bonds. The monoisotopic (exact) mass is 343 g/mol. The van der Waals surface area contributed by atoms with Gasteiger partial charge in [-0.05, 0) is 54.8 Å². The average molecular weight is 343 g/mol. The minimum atomic E-state index is -3.22. The SMILES string of the molecule is Cc1[nH]c(-c2ccc(S(C)(=O)=O)cc2)c(-c2ccc(F)cc2)c1C. The zero-order valence-electron chi connectivity index (χ0n) is 13.7. The first kappa shape index (κ1) is 16.5. The van der Waals surface area contributed by atoms with Gasteiger partial charge in [-0.2, -0.15) is 0 Å². The van der Waals surface area contributed by atoms with E-state index in [9.17, 15) is 12.8 Å². The lowest BCUT2D eigenvalue weighted by Crippen LogP contribution is -1.96. The van der Waals surface area contributed by atoms with E-state index >= 15 is 0 Å². The van der Waals surface area contributed by atoms with Crippen molar-refractivity contribution >= 4 is 9.84 Å². The molecule has 0 unspecified atom stereocenters. The number of hydrogen-bond acceptors (Lipinski definition) is 2. The fourth-order valence-corrected chi connectivity index (χ4v) is 3.41. The van der Waals surface area contributed by atoms with Crippen LogP contribution >= 0.6 is 0 Å². The van der Waals surface area contributed by atoms with E-state index < -0.39 is 9.84 Å². The first-order valence-corrected chi connectivity index (χ1v) is 9.42. The van der Waals surface area contributed by atoms with E-state index in [1.807, 2.05) is 13.8 Å². The first-order chi connectivity index (χ1) is 11.3. The van der Waals surface area contributed by atoms with Crippen molar-refractivity contribution in [2.24, 2.45) is 0 Å². The Morgan fingerprint density at radius 2 is 1.42 bits per heavy atom. The molecule has 0 aliphatic carbocycles. The Morgan fingerprint density at radius 3 is 1.96 bits per heavy atom. The van der Waals surface area contributed by atoms with Crippen LogP contribution in [0, 0.1) is 19.7 Å². The summed E-state index contributed by atoms with van der Waals surface area (Å²) in [6, 6.07) is 13.2. The summed E-state index contributed by atoms with van der Waals surface area (Å²) < 4.78 is 36.5. The maximum Gasteiger partial charge on any atom is 0.175 e. The van der Waals surface area contributed by atoms with Crippen molar-refractivity contribution in [2.45, 2.75) is 18.7 Å². The smallest absolute Gasteiger partial charge is 0.175 e. The molecule has 24 heavy (non-hydrogen) atoms. The molecule has 0 bridgehead atoms. The normalized spacial score (nSPS) is 11.7. The summed E-state index contributed by atoms with van der Waals surface area (Å²) in [5.41, 5.74) is 5.81. The summed E-state index contributed by atoms with van der Waals surface area (Å²) in [6.45, 7) is 4.00. The maximum atomic E-state index is 13.2. The van der Waals surface area contributed by atoms with Gasteiger partial charge in [-0.1, -0.05) is 24.3 Å². The average Bonchev–Trinajstić information content (AvgIpc) is 2.83. The highest BCUT2D eigenvalue weighted by atomic mass is 32.2. The van der Waals surface area contributed by atoms with Gasteiger partial charge in [0.15, 0.2) is 9.84 Å². The van der Waals surface area contributed by atoms with Crippen LogP contribution in [0.25, 0.3) is 22.4 Å². The molecule has 3 nitrogen and oxygen atoms in total. The topological polar surface area (TPSA) is 49.9 Å². The van der Waals surface area contributed by atoms with Crippen LogP contribution in [-0.4, -0.2) is 19.7 Å². The summed E-state index contributed by atoms with van der Waals surface area (Å²) in [4.78, 5) is 3.64. The standard InChI is InChI=1S/C19H18FNO2S/c1-12-13(2)21-19(18(12)14-4-8-16(20)9-5-14)15-6-10-17(11-7-15)24(3,22)23/h4-11,21H,1-3H3. The van der Waals surface area contributed by atoms with E-state index in [2.05, 4.69) is 4.98 Å². The van der Waals surface area contributed by atoms with Gasteiger partial charge in [-0.25, -0.2) is 12.8 Å². The van der Waals surface area contributed by atoms with Crippen LogP contribution in [0.1, 0.15) is 11.3 Å². The van der Waals surface area contributed by atoms with E-state index in [1.165, 1.54) is 18.4 Å². The maximum absolute atomic E-state index is 13.2. The highest BCUT2D eigenvalue weighted by Crippen LogP contribution is 2.36. The van der Waals surface area contributed by atoms with Gasteiger partial charge in [-0.3, -0.25) is 0 Å². The minimum Gasteiger partial charge on any atom is -0.358 e. The molecular formula is C19H18FNO2S. The van der Waals surface area contributed by atoms with Crippen molar-refractivity contribution in [1.82, 2.24) is 4.98 Å². The highest BCUT2D eigenvalue weighted by molar-refractivity contribution is 7.90. The molecule has 0 fully saturated rings. The number of nitrogens with one attached hydrogen (secondary N) is 1. The lowest BCUT2D eigenvalue weighted by atomic mass is 9.98. The van der Waals surface area contributed by atoms with Crippen LogP contribution in [0.5, 0.6) is 0 Å². The van der Waals surface area contributed by atoms with Gasteiger partial charge in [0.2, 0.25) is 0 Å². The number of aromatic amines is 1.